The molecule has 1 fully saturated rings. The molecular formula is C21H23N5O2. The molecule has 0 bridgehead atoms. The average Bonchev–Trinajstić information content (AvgIpc) is 3.30. The van der Waals surface area contributed by atoms with Crippen molar-refractivity contribution in [2.45, 2.75) is 18.8 Å². The molecule has 4 rings (SSSR count). The molecule has 1 aliphatic rings. The van der Waals surface area contributed by atoms with E-state index in [2.05, 4.69) is 31.9 Å². The van der Waals surface area contributed by atoms with E-state index in [4.69, 9.17) is 4.74 Å². The normalized spacial score (nSPS) is 14.6. The van der Waals surface area contributed by atoms with Crippen LogP contribution in [0.2, 0.25) is 0 Å². The van der Waals surface area contributed by atoms with Crippen molar-refractivity contribution in [2.75, 3.05) is 25.5 Å². The summed E-state index contributed by atoms with van der Waals surface area (Å²) in [6, 6.07) is 13.1. The van der Waals surface area contributed by atoms with Gasteiger partial charge in [0.25, 0.3) is 5.91 Å². The third-order valence-corrected chi connectivity index (χ3v) is 5.04. The van der Waals surface area contributed by atoms with Gasteiger partial charge in [-0.15, -0.1) is 0 Å². The number of aromatic amines is 1. The zero-order chi connectivity index (χ0) is 19.3. The van der Waals surface area contributed by atoms with Gasteiger partial charge >= 0.3 is 0 Å². The number of H-pyrrole nitrogens is 1. The van der Waals surface area contributed by atoms with Gasteiger partial charge in [0.15, 0.2) is 0 Å². The maximum Gasteiger partial charge on any atom is 0.274 e. The van der Waals surface area contributed by atoms with Gasteiger partial charge in [-0.05, 0) is 67.7 Å². The number of carbonyl (C=O) groups excluding carboxylic acids is 1. The molecule has 3 aromatic rings. The van der Waals surface area contributed by atoms with Crippen molar-refractivity contribution in [3.05, 3.63) is 59.9 Å². The number of nitrogens with one attached hydrogen (secondary N) is 3. The fourth-order valence-corrected chi connectivity index (χ4v) is 3.52. The summed E-state index contributed by atoms with van der Waals surface area (Å²) >= 11 is 0. The smallest absolute Gasteiger partial charge is 0.274 e. The second-order valence-corrected chi connectivity index (χ2v) is 6.82. The minimum Gasteiger partial charge on any atom is -0.495 e. The Morgan fingerprint density at radius 3 is 2.79 bits per heavy atom. The Balaban J connectivity index is 1.53. The minimum atomic E-state index is -0.283. The summed E-state index contributed by atoms with van der Waals surface area (Å²) in [4.78, 5) is 17.2. The summed E-state index contributed by atoms with van der Waals surface area (Å²) in [5, 5.41) is 13.1. The number of hydrogen-bond acceptors (Lipinski definition) is 5. The summed E-state index contributed by atoms with van der Waals surface area (Å²) in [6.07, 6.45) is 3.87. The number of amides is 1. The largest absolute Gasteiger partial charge is 0.495 e. The van der Waals surface area contributed by atoms with Crippen molar-refractivity contribution in [3.8, 4) is 17.1 Å². The van der Waals surface area contributed by atoms with Gasteiger partial charge < -0.3 is 15.4 Å². The molecule has 0 saturated carbocycles. The van der Waals surface area contributed by atoms with Gasteiger partial charge in [-0.2, -0.15) is 5.10 Å². The number of piperidine rings is 1. The zero-order valence-electron chi connectivity index (χ0n) is 15.7. The number of pyridine rings is 1. The molecule has 1 aromatic carbocycles. The van der Waals surface area contributed by atoms with Crippen LogP contribution in [0.25, 0.3) is 11.4 Å². The van der Waals surface area contributed by atoms with E-state index in [9.17, 15) is 4.79 Å². The predicted octanol–water partition coefficient (Wildman–Crippen LogP) is 3.20. The first kappa shape index (κ1) is 18.2. The van der Waals surface area contributed by atoms with Crippen LogP contribution in [0.5, 0.6) is 5.75 Å². The quantitative estimate of drug-likeness (QED) is 0.635. The lowest BCUT2D eigenvalue weighted by Crippen LogP contribution is -2.26. The molecule has 1 amide bonds. The molecule has 7 nitrogen and oxygen atoms in total. The van der Waals surface area contributed by atoms with Crippen molar-refractivity contribution in [2.24, 2.45) is 0 Å². The SMILES string of the molecule is COc1cc(C2CCNCC2)ccc1NC(=O)c1cccc(-c2ccn[nH]2)n1. The maximum atomic E-state index is 12.7. The lowest BCUT2D eigenvalue weighted by atomic mass is 9.90. The minimum absolute atomic E-state index is 0.283. The number of aromatic nitrogens is 3. The summed E-state index contributed by atoms with van der Waals surface area (Å²) < 4.78 is 5.53. The van der Waals surface area contributed by atoms with Crippen LogP contribution >= 0.6 is 0 Å². The molecule has 0 radical (unpaired) electrons. The van der Waals surface area contributed by atoms with Gasteiger partial charge in [-0.25, -0.2) is 4.98 Å². The molecule has 3 heterocycles. The van der Waals surface area contributed by atoms with E-state index in [0.717, 1.165) is 31.6 Å². The second kappa shape index (κ2) is 8.22. The van der Waals surface area contributed by atoms with Crippen LogP contribution in [0.15, 0.2) is 48.7 Å². The van der Waals surface area contributed by atoms with E-state index in [1.807, 2.05) is 24.3 Å². The number of methoxy groups -OCH3 is 1. The fraction of sp³-hybridized carbons (Fsp3) is 0.286. The average molecular weight is 377 g/mol. The molecule has 28 heavy (non-hydrogen) atoms. The molecule has 7 heteroatoms. The molecule has 0 spiro atoms. The Morgan fingerprint density at radius 1 is 1.18 bits per heavy atom. The first-order valence-corrected chi connectivity index (χ1v) is 9.41. The third kappa shape index (κ3) is 3.89. The van der Waals surface area contributed by atoms with E-state index in [1.54, 1.807) is 25.4 Å². The number of rotatable bonds is 5. The fourth-order valence-electron chi connectivity index (χ4n) is 3.52. The monoisotopic (exact) mass is 377 g/mol. The van der Waals surface area contributed by atoms with E-state index in [0.29, 0.717) is 28.7 Å². The maximum absolute atomic E-state index is 12.7. The molecule has 2 aromatic heterocycles. The van der Waals surface area contributed by atoms with E-state index in [-0.39, 0.29) is 5.91 Å². The van der Waals surface area contributed by atoms with Crippen LogP contribution in [-0.4, -0.2) is 41.3 Å². The molecule has 0 atom stereocenters. The Kier molecular flexibility index (Phi) is 5.34. The Hall–Kier alpha value is -3.19. The zero-order valence-corrected chi connectivity index (χ0v) is 15.7. The summed E-state index contributed by atoms with van der Waals surface area (Å²) in [5.41, 5.74) is 3.64. The Morgan fingerprint density at radius 2 is 2.04 bits per heavy atom. The lowest BCUT2D eigenvalue weighted by molar-refractivity contribution is 0.102. The highest BCUT2D eigenvalue weighted by Gasteiger charge is 2.18. The molecule has 0 aliphatic carbocycles. The molecule has 1 aliphatic heterocycles. The standard InChI is InChI=1S/C21H23N5O2/c1-28-20-13-15(14-7-10-22-11-8-14)5-6-18(20)25-21(27)19-4-2-3-16(24-19)17-9-12-23-26-17/h2-6,9,12-14,22H,7-8,10-11H2,1H3,(H,23,26)(H,25,27). The van der Waals surface area contributed by atoms with Crippen LogP contribution < -0.4 is 15.4 Å². The number of anilines is 1. The van der Waals surface area contributed by atoms with E-state index in [1.165, 1.54) is 5.56 Å². The predicted molar refractivity (Wildman–Crippen MR) is 108 cm³/mol. The number of hydrogen-bond donors (Lipinski definition) is 3. The van der Waals surface area contributed by atoms with Gasteiger partial charge in [0.2, 0.25) is 0 Å². The number of carbonyl (C=O) groups is 1. The van der Waals surface area contributed by atoms with Crippen molar-refractivity contribution >= 4 is 11.6 Å². The highest BCUT2D eigenvalue weighted by molar-refractivity contribution is 6.04. The Labute approximate surface area is 163 Å². The van der Waals surface area contributed by atoms with E-state index >= 15 is 0 Å². The molecule has 144 valence electrons. The molecular weight excluding hydrogens is 354 g/mol. The van der Waals surface area contributed by atoms with Gasteiger partial charge in [0, 0.05) is 6.20 Å². The van der Waals surface area contributed by atoms with Gasteiger partial charge in [0.1, 0.15) is 11.4 Å². The Bertz CT molecular complexity index is 949. The molecule has 1 saturated heterocycles. The van der Waals surface area contributed by atoms with Crippen LogP contribution in [0.1, 0.15) is 34.8 Å². The molecule has 0 unspecified atom stereocenters. The van der Waals surface area contributed by atoms with Crippen LogP contribution in [0.3, 0.4) is 0 Å². The molecule has 3 N–H and O–H groups in total. The number of nitrogens with zero attached hydrogens (tertiary/aromatic N) is 2. The summed E-state index contributed by atoms with van der Waals surface area (Å²) in [6.45, 7) is 2.06. The van der Waals surface area contributed by atoms with Crippen LogP contribution in [-0.2, 0) is 0 Å². The second-order valence-electron chi connectivity index (χ2n) is 6.82. The number of benzene rings is 1. The van der Waals surface area contributed by atoms with Crippen LogP contribution in [0.4, 0.5) is 5.69 Å². The van der Waals surface area contributed by atoms with E-state index < -0.39 is 0 Å². The van der Waals surface area contributed by atoms with Gasteiger partial charge in [-0.3, -0.25) is 9.89 Å². The first-order chi connectivity index (χ1) is 13.7. The van der Waals surface area contributed by atoms with Gasteiger partial charge in [0.05, 0.1) is 24.2 Å². The third-order valence-electron chi connectivity index (χ3n) is 5.04. The van der Waals surface area contributed by atoms with Crippen LogP contribution in [0, 0.1) is 0 Å². The topological polar surface area (TPSA) is 91.9 Å². The first-order valence-electron chi connectivity index (χ1n) is 9.41. The highest BCUT2D eigenvalue weighted by atomic mass is 16.5. The van der Waals surface area contributed by atoms with Gasteiger partial charge in [-0.1, -0.05) is 12.1 Å². The van der Waals surface area contributed by atoms with Crippen molar-refractivity contribution in [3.63, 3.8) is 0 Å². The summed E-state index contributed by atoms with van der Waals surface area (Å²) in [5.74, 6) is 0.899. The van der Waals surface area contributed by atoms with Crippen molar-refractivity contribution in [1.82, 2.24) is 20.5 Å². The summed E-state index contributed by atoms with van der Waals surface area (Å²) in [7, 11) is 1.62. The lowest BCUT2D eigenvalue weighted by Gasteiger charge is -2.24. The van der Waals surface area contributed by atoms with Crippen molar-refractivity contribution in [1.29, 1.82) is 0 Å². The number of ether oxygens (including phenoxy) is 1. The highest BCUT2D eigenvalue weighted by Crippen LogP contribution is 2.32. The van der Waals surface area contributed by atoms with Crippen molar-refractivity contribution < 1.29 is 9.53 Å².